The van der Waals surface area contributed by atoms with Crippen LogP contribution in [-0.4, -0.2) is 46.6 Å². The summed E-state index contributed by atoms with van der Waals surface area (Å²) in [5.41, 5.74) is 0. The molecule has 3 rings (SSSR count). The topological polar surface area (TPSA) is 84.4 Å². The van der Waals surface area contributed by atoms with Gasteiger partial charge in [0.1, 0.15) is 0 Å². The van der Waals surface area contributed by atoms with Crippen LogP contribution in [0.15, 0.2) is 27.3 Å². The van der Waals surface area contributed by atoms with Crippen molar-refractivity contribution in [3.63, 3.8) is 0 Å². The van der Waals surface area contributed by atoms with Gasteiger partial charge in [-0.25, -0.2) is 0 Å². The molecule has 21 heavy (non-hydrogen) atoms. The molecule has 1 aliphatic heterocycles. The predicted molar refractivity (Wildman–Crippen MR) is 74.4 cm³/mol. The first-order valence-corrected chi connectivity index (χ1v) is 7.10. The fourth-order valence-corrected chi connectivity index (χ4v) is 2.39. The van der Waals surface area contributed by atoms with Crippen molar-refractivity contribution in [2.24, 2.45) is 0 Å². The van der Waals surface area contributed by atoms with Crippen molar-refractivity contribution in [2.45, 2.75) is 25.8 Å². The first-order valence-electron chi connectivity index (χ1n) is 7.10. The average Bonchev–Trinajstić information content (AvgIpc) is 3.15. The number of nitrogens with one attached hydrogen (secondary N) is 1. The monoisotopic (exact) mass is 290 g/mol. The molecule has 1 aliphatic rings. The molecule has 112 valence electrons. The highest BCUT2D eigenvalue weighted by atomic mass is 16.5. The number of rotatable bonds is 4. The quantitative estimate of drug-likeness (QED) is 0.907. The van der Waals surface area contributed by atoms with E-state index >= 15 is 0 Å². The molecule has 1 N–H and O–H groups in total. The van der Waals surface area contributed by atoms with Crippen molar-refractivity contribution in [3.05, 3.63) is 24.3 Å². The van der Waals surface area contributed by atoms with E-state index in [0.717, 1.165) is 19.6 Å². The molecule has 0 aliphatic carbocycles. The summed E-state index contributed by atoms with van der Waals surface area (Å²) in [6, 6.07) is 3.87. The van der Waals surface area contributed by atoms with E-state index < -0.39 is 0 Å². The Morgan fingerprint density at radius 3 is 3.24 bits per heavy atom. The van der Waals surface area contributed by atoms with Crippen LogP contribution in [0, 0.1) is 0 Å². The summed E-state index contributed by atoms with van der Waals surface area (Å²) in [5, 5.41) is 7.16. The lowest BCUT2D eigenvalue weighted by molar-refractivity contribution is -0.132. The van der Waals surface area contributed by atoms with E-state index in [1.165, 1.54) is 0 Å². The molecule has 2 aromatic heterocycles. The Labute approximate surface area is 122 Å². The van der Waals surface area contributed by atoms with Gasteiger partial charge in [0.25, 0.3) is 0 Å². The molecule has 0 saturated carbocycles. The second-order valence-electron chi connectivity index (χ2n) is 5.18. The molecule has 1 amide bonds. The van der Waals surface area contributed by atoms with Gasteiger partial charge in [-0.3, -0.25) is 4.79 Å². The van der Waals surface area contributed by atoms with Gasteiger partial charge < -0.3 is 19.2 Å². The molecule has 7 heteroatoms. The van der Waals surface area contributed by atoms with Gasteiger partial charge in [0.15, 0.2) is 5.76 Å². The molecule has 3 heterocycles. The molecule has 0 radical (unpaired) electrons. The molecular weight excluding hydrogens is 272 g/mol. The molecule has 1 atom stereocenters. The second-order valence-corrected chi connectivity index (χ2v) is 5.18. The maximum absolute atomic E-state index is 12.1. The number of aromatic nitrogens is 2. The van der Waals surface area contributed by atoms with Gasteiger partial charge >= 0.3 is 0 Å². The zero-order valence-electron chi connectivity index (χ0n) is 11.9. The zero-order chi connectivity index (χ0) is 14.7. The van der Waals surface area contributed by atoms with E-state index in [2.05, 4.69) is 22.4 Å². The van der Waals surface area contributed by atoms with Crippen LogP contribution in [0.25, 0.3) is 11.6 Å². The molecule has 7 nitrogen and oxygen atoms in total. The third kappa shape index (κ3) is 3.30. The van der Waals surface area contributed by atoms with E-state index in [4.69, 9.17) is 8.94 Å². The van der Waals surface area contributed by atoms with Crippen LogP contribution >= 0.6 is 0 Å². The smallest absolute Gasteiger partial charge is 0.238 e. The fraction of sp³-hybridized carbons (Fsp3) is 0.500. The number of amides is 1. The molecule has 0 aromatic carbocycles. The van der Waals surface area contributed by atoms with E-state index in [1.807, 2.05) is 4.90 Å². The van der Waals surface area contributed by atoms with Crippen LogP contribution in [0.4, 0.5) is 0 Å². The van der Waals surface area contributed by atoms with Crippen molar-refractivity contribution in [1.82, 2.24) is 20.4 Å². The number of hydrogen-bond acceptors (Lipinski definition) is 6. The third-order valence-electron chi connectivity index (χ3n) is 3.48. The highest BCUT2D eigenvalue weighted by Crippen LogP contribution is 2.16. The Kier molecular flexibility index (Phi) is 4.01. The summed E-state index contributed by atoms with van der Waals surface area (Å²) in [6.07, 6.45) is 2.39. The minimum absolute atomic E-state index is 0.126. The summed E-state index contributed by atoms with van der Waals surface area (Å²) in [7, 11) is 0. The molecule has 0 bridgehead atoms. The van der Waals surface area contributed by atoms with Crippen molar-refractivity contribution < 1.29 is 13.7 Å². The number of aryl methyl sites for hydroxylation is 1. The maximum Gasteiger partial charge on any atom is 0.238 e. The largest absolute Gasteiger partial charge is 0.461 e. The van der Waals surface area contributed by atoms with Gasteiger partial charge in [0.05, 0.1) is 6.26 Å². The summed E-state index contributed by atoms with van der Waals surface area (Å²) in [5.74, 6) is 1.56. The average molecular weight is 290 g/mol. The van der Waals surface area contributed by atoms with Crippen LogP contribution in [-0.2, 0) is 11.2 Å². The van der Waals surface area contributed by atoms with E-state index in [1.54, 1.807) is 18.4 Å². The van der Waals surface area contributed by atoms with E-state index in [-0.39, 0.29) is 5.91 Å². The number of carbonyl (C=O) groups is 1. The molecule has 1 saturated heterocycles. The fourth-order valence-electron chi connectivity index (χ4n) is 2.39. The van der Waals surface area contributed by atoms with E-state index in [0.29, 0.717) is 36.4 Å². The minimum Gasteiger partial charge on any atom is -0.461 e. The molecule has 1 fully saturated rings. The molecule has 1 unspecified atom stereocenters. The summed E-state index contributed by atoms with van der Waals surface area (Å²) in [6.45, 7) is 4.42. The van der Waals surface area contributed by atoms with Crippen molar-refractivity contribution in [3.8, 4) is 11.6 Å². The van der Waals surface area contributed by atoms with Crippen LogP contribution in [0.5, 0.6) is 0 Å². The van der Waals surface area contributed by atoms with Crippen LogP contribution < -0.4 is 5.32 Å². The normalized spacial score (nSPS) is 18.9. The Hall–Kier alpha value is -2.15. The lowest BCUT2D eigenvalue weighted by Gasteiger charge is -2.31. The Balaban J connectivity index is 1.54. The number of furan rings is 1. The Bertz CT molecular complexity index is 593. The van der Waals surface area contributed by atoms with Crippen molar-refractivity contribution in [2.75, 3.05) is 19.6 Å². The SMILES string of the molecule is CC1CN(C(=O)CCc2nc(-c3ccco3)no2)CCN1. The highest BCUT2D eigenvalue weighted by molar-refractivity contribution is 5.76. The van der Waals surface area contributed by atoms with Crippen molar-refractivity contribution >= 4 is 5.91 Å². The molecule has 2 aromatic rings. The Morgan fingerprint density at radius 2 is 2.48 bits per heavy atom. The van der Waals surface area contributed by atoms with Crippen molar-refractivity contribution in [1.29, 1.82) is 0 Å². The van der Waals surface area contributed by atoms with Gasteiger partial charge in [-0.1, -0.05) is 5.16 Å². The molecule has 0 spiro atoms. The standard InChI is InChI=1S/C14H18N4O3/c1-10-9-18(7-6-15-10)13(19)5-4-12-16-14(17-21-12)11-3-2-8-20-11/h2-3,8,10,15H,4-7,9H2,1H3. The highest BCUT2D eigenvalue weighted by Gasteiger charge is 2.21. The maximum atomic E-state index is 12.1. The minimum atomic E-state index is 0.126. The number of nitrogens with zero attached hydrogens (tertiary/aromatic N) is 3. The first kappa shape index (κ1) is 13.8. The summed E-state index contributed by atoms with van der Waals surface area (Å²) in [4.78, 5) is 18.3. The first-order chi connectivity index (χ1) is 10.2. The van der Waals surface area contributed by atoms with Gasteiger partial charge in [0, 0.05) is 38.5 Å². The van der Waals surface area contributed by atoms with E-state index in [9.17, 15) is 4.79 Å². The number of carbonyl (C=O) groups excluding carboxylic acids is 1. The number of hydrogen-bond donors (Lipinski definition) is 1. The molecular formula is C14H18N4O3. The van der Waals surface area contributed by atoms with Gasteiger partial charge in [-0.2, -0.15) is 4.98 Å². The lowest BCUT2D eigenvalue weighted by atomic mass is 10.2. The Morgan fingerprint density at radius 1 is 1.57 bits per heavy atom. The summed E-state index contributed by atoms with van der Waals surface area (Å²) >= 11 is 0. The zero-order valence-corrected chi connectivity index (χ0v) is 11.9. The van der Waals surface area contributed by atoms with Gasteiger partial charge in [-0.05, 0) is 19.1 Å². The lowest BCUT2D eigenvalue weighted by Crippen LogP contribution is -2.51. The predicted octanol–water partition coefficient (Wildman–Crippen LogP) is 1.08. The van der Waals surface area contributed by atoms with Crippen LogP contribution in [0.1, 0.15) is 19.2 Å². The number of piperazine rings is 1. The van der Waals surface area contributed by atoms with Crippen LogP contribution in [0.2, 0.25) is 0 Å². The summed E-state index contributed by atoms with van der Waals surface area (Å²) < 4.78 is 10.3. The second kappa shape index (κ2) is 6.09. The van der Waals surface area contributed by atoms with Gasteiger partial charge in [-0.15, -0.1) is 0 Å². The third-order valence-corrected chi connectivity index (χ3v) is 3.48. The van der Waals surface area contributed by atoms with Crippen LogP contribution in [0.3, 0.4) is 0 Å². The van der Waals surface area contributed by atoms with Gasteiger partial charge in [0.2, 0.25) is 17.6 Å².